The first-order valence-corrected chi connectivity index (χ1v) is 6.71. The Bertz CT molecular complexity index is 171. The first-order chi connectivity index (χ1) is 7.74. The second-order valence-corrected chi connectivity index (χ2v) is 4.32. The van der Waals surface area contributed by atoms with Gasteiger partial charge in [-0.3, -0.25) is 4.79 Å². The van der Waals surface area contributed by atoms with Crippen molar-refractivity contribution in [2.75, 3.05) is 19.6 Å². The van der Waals surface area contributed by atoms with E-state index in [9.17, 15) is 4.79 Å². The first-order valence-electron chi connectivity index (χ1n) is 6.71. The Morgan fingerprint density at radius 1 is 1.19 bits per heavy atom. The molecule has 0 saturated carbocycles. The Hall–Kier alpha value is -0.570. The van der Waals surface area contributed by atoms with Gasteiger partial charge in [-0.25, -0.2) is 0 Å². The van der Waals surface area contributed by atoms with Crippen molar-refractivity contribution in [2.24, 2.45) is 5.92 Å². The number of hydrogen-bond acceptors (Lipinski definition) is 2. The van der Waals surface area contributed by atoms with Gasteiger partial charge in [0.1, 0.15) is 0 Å². The van der Waals surface area contributed by atoms with Crippen LogP contribution in [0.15, 0.2) is 0 Å². The Morgan fingerprint density at radius 3 is 2.50 bits per heavy atom. The molecule has 0 aliphatic carbocycles. The van der Waals surface area contributed by atoms with Crippen LogP contribution >= 0.6 is 0 Å². The molecule has 1 atom stereocenters. The summed E-state index contributed by atoms with van der Waals surface area (Å²) in [4.78, 5) is 11.6. The lowest BCUT2D eigenvalue weighted by Gasteiger charge is -2.14. The summed E-state index contributed by atoms with van der Waals surface area (Å²) in [6, 6.07) is 0. The highest BCUT2D eigenvalue weighted by atomic mass is 16.1. The van der Waals surface area contributed by atoms with Crippen LogP contribution in [-0.2, 0) is 4.79 Å². The second kappa shape index (κ2) is 10.9. The predicted molar refractivity (Wildman–Crippen MR) is 69.5 cm³/mol. The fourth-order valence-corrected chi connectivity index (χ4v) is 1.74. The van der Waals surface area contributed by atoms with Crippen molar-refractivity contribution in [3.63, 3.8) is 0 Å². The summed E-state index contributed by atoms with van der Waals surface area (Å²) in [6.07, 6.45) is 5.46. The van der Waals surface area contributed by atoms with Gasteiger partial charge in [0.15, 0.2) is 0 Å². The second-order valence-electron chi connectivity index (χ2n) is 4.32. The minimum Gasteiger partial charge on any atom is -0.355 e. The molecule has 0 fully saturated rings. The third-order valence-electron chi connectivity index (χ3n) is 2.89. The van der Waals surface area contributed by atoms with E-state index < -0.39 is 0 Å². The Labute approximate surface area is 100 Å². The number of carbonyl (C=O) groups excluding carboxylic acids is 1. The Kier molecular flexibility index (Phi) is 10.5. The van der Waals surface area contributed by atoms with Gasteiger partial charge in [-0.1, -0.05) is 40.0 Å². The van der Waals surface area contributed by atoms with E-state index in [0.29, 0.717) is 12.3 Å². The molecule has 0 aliphatic heterocycles. The fraction of sp³-hybridized carbons (Fsp3) is 0.923. The topological polar surface area (TPSA) is 41.1 Å². The van der Waals surface area contributed by atoms with Crippen LogP contribution in [0.3, 0.4) is 0 Å². The van der Waals surface area contributed by atoms with Gasteiger partial charge in [-0.15, -0.1) is 0 Å². The lowest BCUT2D eigenvalue weighted by Crippen LogP contribution is -2.32. The number of rotatable bonds is 10. The molecule has 0 aromatic heterocycles. The summed E-state index contributed by atoms with van der Waals surface area (Å²) in [6.45, 7) is 9.02. The van der Waals surface area contributed by atoms with Crippen molar-refractivity contribution in [3.05, 3.63) is 0 Å². The van der Waals surface area contributed by atoms with Crippen LogP contribution in [-0.4, -0.2) is 25.5 Å². The zero-order valence-electron chi connectivity index (χ0n) is 11.1. The van der Waals surface area contributed by atoms with Crippen LogP contribution in [0.5, 0.6) is 0 Å². The van der Waals surface area contributed by atoms with E-state index in [1.54, 1.807) is 0 Å². The molecule has 1 unspecified atom stereocenters. The monoisotopic (exact) mass is 228 g/mol. The standard InChI is InChI=1S/C13H28N2O/c1-4-7-8-12(5-2)11-13(16)15-10-9-14-6-3/h12,14H,4-11H2,1-3H3,(H,15,16). The summed E-state index contributed by atoms with van der Waals surface area (Å²) in [5.74, 6) is 0.778. The average molecular weight is 228 g/mol. The molecule has 0 aliphatic rings. The smallest absolute Gasteiger partial charge is 0.220 e. The van der Waals surface area contributed by atoms with Gasteiger partial charge in [0.2, 0.25) is 5.91 Å². The molecule has 2 N–H and O–H groups in total. The number of unbranched alkanes of at least 4 members (excludes halogenated alkanes) is 1. The van der Waals surface area contributed by atoms with Crippen LogP contribution in [0.1, 0.15) is 52.9 Å². The maximum absolute atomic E-state index is 11.6. The predicted octanol–water partition coefficient (Wildman–Crippen LogP) is 2.32. The van der Waals surface area contributed by atoms with Crippen molar-refractivity contribution in [1.82, 2.24) is 10.6 Å². The number of hydrogen-bond donors (Lipinski definition) is 2. The van der Waals surface area contributed by atoms with E-state index in [2.05, 4.69) is 31.4 Å². The molecular formula is C13H28N2O. The third kappa shape index (κ3) is 8.72. The van der Waals surface area contributed by atoms with E-state index >= 15 is 0 Å². The van der Waals surface area contributed by atoms with Crippen molar-refractivity contribution in [3.8, 4) is 0 Å². The molecule has 0 aromatic carbocycles. The average Bonchev–Trinajstić information content (AvgIpc) is 2.30. The molecule has 0 radical (unpaired) electrons. The molecule has 0 saturated heterocycles. The van der Waals surface area contributed by atoms with E-state index in [-0.39, 0.29) is 5.91 Å². The lowest BCUT2D eigenvalue weighted by atomic mass is 9.95. The molecule has 96 valence electrons. The van der Waals surface area contributed by atoms with Crippen LogP contribution in [0, 0.1) is 5.92 Å². The highest BCUT2D eigenvalue weighted by Gasteiger charge is 2.10. The molecule has 3 nitrogen and oxygen atoms in total. The van der Waals surface area contributed by atoms with Gasteiger partial charge in [-0.05, 0) is 18.9 Å². The highest BCUT2D eigenvalue weighted by molar-refractivity contribution is 5.76. The molecule has 0 spiro atoms. The van der Waals surface area contributed by atoms with E-state index in [0.717, 1.165) is 26.1 Å². The van der Waals surface area contributed by atoms with Gasteiger partial charge in [0, 0.05) is 19.5 Å². The molecule has 1 amide bonds. The largest absolute Gasteiger partial charge is 0.355 e. The molecule has 0 rings (SSSR count). The summed E-state index contributed by atoms with van der Waals surface area (Å²) in [7, 11) is 0. The zero-order chi connectivity index (χ0) is 12.2. The van der Waals surface area contributed by atoms with Gasteiger partial charge in [0.05, 0.1) is 0 Å². The molecule has 0 bridgehead atoms. The minimum atomic E-state index is 0.209. The molecule has 3 heteroatoms. The summed E-state index contributed by atoms with van der Waals surface area (Å²) in [5.41, 5.74) is 0. The normalized spacial score (nSPS) is 12.4. The number of likely N-dealkylation sites (N-methyl/N-ethyl adjacent to an activating group) is 1. The summed E-state index contributed by atoms with van der Waals surface area (Å²) in [5, 5.41) is 6.15. The van der Waals surface area contributed by atoms with Crippen LogP contribution in [0.25, 0.3) is 0 Å². The van der Waals surface area contributed by atoms with Crippen LogP contribution in [0.4, 0.5) is 0 Å². The molecule has 16 heavy (non-hydrogen) atoms. The summed E-state index contributed by atoms with van der Waals surface area (Å²) < 4.78 is 0. The van der Waals surface area contributed by atoms with Gasteiger partial charge in [-0.2, -0.15) is 0 Å². The van der Waals surface area contributed by atoms with Crippen molar-refractivity contribution in [1.29, 1.82) is 0 Å². The van der Waals surface area contributed by atoms with Gasteiger partial charge in [0.25, 0.3) is 0 Å². The number of nitrogens with one attached hydrogen (secondary N) is 2. The molecule has 0 aromatic rings. The SMILES string of the molecule is CCCCC(CC)CC(=O)NCCNCC. The highest BCUT2D eigenvalue weighted by Crippen LogP contribution is 2.16. The molecular weight excluding hydrogens is 200 g/mol. The Balaban J connectivity index is 3.57. The maximum atomic E-state index is 11.6. The number of carbonyl (C=O) groups is 1. The first kappa shape index (κ1) is 15.4. The van der Waals surface area contributed by atoms with E-state index in [4.69, 9.17) is 0 Å². The molecule has 0 heterocycles. The van der Waals surface area contributed by atoms with Gasteiger partial charge < -0.3 is 10.6 Å². The van der Waals surface area contributed by atoms with E-state index in [1.807, 2.05) is 0 Å². The van der Waals surface area contributed by atoms with Crippen molar-refractivity contribution in [2.45, 2.75) is 52.9 Å². The lowest BCUT2D eigenvalue weighted by molar-refractivity contribution is -0.122. The quantitative estimate of drug-likeness (QED) is 0.563. The minimum absolute atomic E-state index is 0.209. The third-order valence-corrected chi connectivity index (χ3v) is 2.89. The van der Waals surface area contributed by atoms with Crippen LogP contribution < -0.4 is 10.6 Å². The maximum Gasteiger partial charge on any atom is 0.220 e. The van der Waals surface area contributed by atoms with Crippen molar-refractivity contribution >= 4 is 5.91 Å². The number of amides is 1. The Morgan fingerprint density at radius 2 is 1.94 bits per heavy atom. The van der Waals surface area contributed by atoms with Crippen molar-refractivity contribution < 1.29 is 4.79 Å². The van der Waals surface area contributed by atoms with Crippen LogP contribution in [0.2, 0.25) is 0 Å². The zero-order valence-corrected chi connectivity index (χ0v) is 11.1. The fourth-order valence-electron chi connectivity index (χ4n) is 1.74. The van der Waals surface area contributed by atoms with Gasteiger partial charge >= 0.3 is 0 Å². The van der Waals surface area contributed by atoms with E-state index in [1.165, 1.54) is 19.3 Å². The summed E-state index contributed by atoms with van der Waals surface area (Å²) >= 11 is 0.